The molecular weight excluding hydrogens is 300 g/mol. The number of hydrogen-bond acceptors (Lipinski definition) is 2. The minimum atomic E-state index is 0.0799. The number of hydrogen-bond donors (Lipinski definition) is 1. The monoisotopic (exact) mass is 324 g/mol. The topological polar surface area (TPSA) is 29.3 Å². The molecule has 1 aromatic rings. The van der Waals surface area contributed by atoms with Crippen molar-refractivity contribution in [3.05, 3.63) is 28.2 Å². The van der Waals surface area contributed by atoms with E-state index in [1.54, 1.807) is 0 Å². The Labute approximate surface area is 125 Å². The third-order valence-corrected chi connectivity index (χ3v) is 4.73. The molecule has 0 heterocycles. The smallest absolute Gasteiger partial charge is 0.0425 e. The van der Waals surface area contributed by atoms with Crippen molar-refractivity contribution in [2.45, 2.75) is 57.5 Å². The van der Waals surface area contributed by atoms with E-state index in [0.29, 0.717) is 6.04 Å². The van der Waals surface area contributed by atoms with Crippen LogP contribution in [-0.2, 0) is 0 Å². The summed E-state index contributed by atoms with van der Waals surface area (Å²) in [6, 6.07) is 7.19. The molecule has 1 unspecified atom stereocenters. The molecule has 1 atom stereocenters. The molecular formula is C16H25BrN2. The normalized spacial score (nSPS) is 18.9. The number of nitrogens with zero attached hydrogens (tertiary/aromatic N) is 1. The Hall–Kier alpha value is -0.540. The van der Waals surface area contributed by atoms with E-state index in [2.05, 4.69) is 53.0 Å². The first-order chi connectivity index (χ1) is 9.09. The lowest BCUT2D eigenvalue weighted by Gasteiger charge is -2.32. The highest BCUT2D eigenvalue weighted by molar-refractivity contribution is 9.10. The fourth-order valence-electron chi connectivity index (χ4n) is 3.05. The van der Waals surface area contributed by atoms with Gasteiger partial charge in [-0.2, -0.15) is 0 Å². The van der Waals surface area contributed by atoms with Crippen LogP contribution >= 0.6 is 15.9 Å². The molecule has 1 fully saturated rings. The van der Waals surface area contributed by atoms with Crippen LogP contribution in [0.3, 0.4) is 0 Å². The zero-order valence-electron chi connectivity index (χ0n) is 12.0. The second-order valence-corrected chi connectivity index (χ2v) is 6.66. The molecule has 0 radical (unpaired) electrons. The van der Waals surface area contributed by atoms with E-state index in [4.69, 9.17) is 5.73 Å². The highest BCUT2D eigenvalue weighted by Gasteiger charge is 2.20. The molecule has 0 spiro atoms. The van der Waals surface area contributed by atoms with Gasteiger partial charge in [-0.1, -0.05) is 47.7 Å². The molecule has 0 aromatic heterocycles. The molecule has 19 heavy (non-hydrogen) atoms. The Bertz CT molecular complexity index is 409. The first-order valence-electron chi connectivity index (χ1n) is 7.37. The Balaban J connectivity index is 2.25. The van der Waals surface area contributed by atoms with Crippen molar-refractivity contribution in [1.82, 2.24) is 0 Å². The predicted octanol–water partition coefficient (Wildman–Crippen LogP) is 4.63. The largest absolute Gasteiger partial charge is 0.371 e. The van der Waals surface area contributed by atoms with Crippen LogP contribution in [0.2, 0.25) is 0 Å². The van der Waals surface area contributed by atoms with Gasteiger partial charge in [0.15, 0.2) is 0 Å². The van der Waals surface area contributed by atoms with Crippen LogP contribution in [0.25, 0.3) is 0 Å². The van der Waals surface area contributed by atoms with Crippen LogP contribution in [-0.4, -0.2) is 13.1 Å². The molecule has 0 aliphatic heterocycles. The van der Waals surface area contributed by atoms with E-state index < -0.39 is 0 Å². The third kappa shape index (κ3) is 3.73. The summed E-state index contributed by atoms with van der Waals surface area (Å²) in [5.74, 6) is 0. The molecule has 2 N–H and O–H groups in total. The number of anilines is 1. The van der Waals surface area contributed by atoms with E-state index in [9.17, 15) is 0 Å². The fraction of sp³-hybridized carbons (Fsp3) is 0.625. The quantitative estimate of drug-likeness (QED) is 0.821. The Kier molecular flexibility index (Phi) is 5.28. The predicted molar refractivity (Wildman–Crippen MR) is 86.6 cm³/mol. The molecule has 0 saturated heterocycles. The molecule has 2 rings (SSSR count). The zero-order valence-corrected chi connectivity index (χ0v) is 13.6. The van der Waals surface area contributed by atoms with E-state index in [1.807, 2.05) is 0 Å². The van der Waals surface area contributed by atoms with Crippen LogP contribution in [0.15, 0.2) is 22.7 Å². The molecule has 0 amide bonds. The third-order valence-electron chi connectivity index (χ3n) is 4.24. The lowest BCUT2D eigenvalue weighted by atomic mass is 10.0. The molecule has 1 saturated carbocycles. The first-order valence-corrected chi connectivity index (χ1v) is 8.16. The Morgan fingerprint density at radius 1 is 1.21 bits per heavy atom. The molecule has 0 bridgehead atoms. The van der Waals surface area contributed by atoms with Crippen LogP contribution in [0.1, 0.15) is 57.1 Å². The highest BCUT2D eigenvalue weighted by Crippen LogP contribution is 2.32. The van der Waals surface area contributed by atoms with Gasteiger partial charge in [0.05, 0.1) is 0 Å². The summed E-state index contributed by atoms with van der Waals surface area (Å²) in [6.07, 6.45) is 8.11. The van der Waals surface area contributed by atoms with Crippen LogP contribution in [0.5, 0.6) is 0 Å². The van der Waals surface area contributed by atoms with Gasteiger partial charge in [0.1, 0.15) is 0 Å². The van der Waals surface area contributed by atoms with E-state index in [0.717, 1.165) is 4.47 Å². The fourth-order valence-corrected chi connectivity index (χ4v) is 3.40. The molecule has 2 nitrogen and oxygen atoms in total. The highest BCUT2D eigenvalue weighted by atomic mass is 79.9. The van der Waals surface area contributed by atoms with Gasteiger partial charge in [0.2, 0.25) is 0 Å². The summed E-state index contributed by atoms with van der Waals surface area (Å²) < 4.78 is 1.13. The number of rotatable bonds is 3. The van der Waals surface area contributed by atoms with Gasteiger partial charge in [0.25, 0.3) is 0 Å². The van der Waals surface area contributed by atoms with Crippen LogP contribution in [0, 0.1) is 0 Å². The number of nitrogens with two attached hydrogens (primary N) is 1. The van der Waals surface area contributed by atoms with Crippen molar-refractivity contribution in [3.8, 4) is 0 Å². The lowest BCUT2D eigenvalue weighted by Crippen LogP contribution is -2.32. The van der Waals surface area contributed by atoms with Crippen molar-refractivity contribution < 1.29 is 0 Å². The van der Waals surface area contributed by atoms with Crippen molar-refractivity contribution in [2.75, 3.05) is 11.9 Å². The van der Waals surface area contributed by atoms with Gasteiger partial charge >= 0.3 is 0 Å². The van der Waals surface area contributed by atoms with Gasteiger partial charge in [-0.05, 0) is 37.5 Å². The first kappa shape index (κ1) is 14.9. The van der Waals surface area contributed by atoms with Crippen LogP contribution in [0.4, 0.5) is 5.69 Å². The maximum absolute atomic E-state index is 6.12. The van der Waals surface area contributed by atoms with Gasteiger partial charge < -0.3 is 10.6 Å². The summed E-state index contributed by atoms with van der Waals surface area (Å²) in [5, 5.41) is 0. The molecule has 1 aliphatic rings. The molecule has 1 aliphatic carbocycles. The summed E-state index contributed by atoms with van der Waals surface area (Å²) in [7, 11) is 2.23. The van der Waals surface area contributed by atoms with Gasteiger partial charge in [-0.15, -0.1) is 0 Å². The number of benzene rings is 1. The summed E-state index contributed by atoms with van der Waals surface area (Å²) >= 11 is 3.59. The Morgan fingerprint density at radius 3 is 2.42 bits per heavy atom. The van der Waals surface area contributed by atoms with Crippen molar-refractivity contribution in [1.29, 1.82) is 0 Å². The molecule has 3 heteroatoms. The Morgan fingerprint density at radius 2 is 1.84 bits per heavy atom. The average Bonchev–Trinajstić information content (AvgIpc) is 2.66. The summed E-state index contributed by atoms with van der Waals surface area (Å²) in [4.78, 5) is 2.45. The van der Waals surface area contributed by atoms with E-state index in [1.165, 1.54) is 49.8 Å². The van der Waals surface area contributed by atoms with E-state index >= 15 is 0 Å². The van der Waals surface area contributed by atoms with Gasteiger partial charge in [0, 0.05) is 29.3 Å². The summed E-state index contributed by atoms with van der Waals surface area (Å²) in [5.41, 5.74) is 8.65. The maximum atomic E-state index is 6.12. The van der Waals surface area contributed by atoms with Crippen molar-refractivity contribution in [2.24, 2.45) is 5.73 Å². The maximum Gasteiger partial charge on any atom is 0.0425 e. The molecule has 106 valence electrons. The number of halogens is 1. The van der Waals surface area contributed by atoms with Crippen LogP contribution < -0.4 is 10.6 Å². The minimum absolute atomic E-state index is 0.0799. The second kappa shape index (κ2) is 6.76. The minimum Gasteiger partial charge on any atom is -0.371 e. The van der Waals surface area contributed by atoms with E-state index in [-0.39, 0.29) is 6.04 Å². The van der Waals surface area contributed by atoms with Gasteiger partial charge in [-0.25, -0.2) is 0 Å². The summed E-state index contributed by atoms with van der Waals surface area (Å²) in [6.45, 7) is 2.06. The van der Waals surface area contributed by atoms with Crippen molar-refractivity contribution in [3.63, 3.8) is 0 Å². The molecule has 1 aromatic carbocycles. The zero-order chi connectivity index (χ0) is 13.8. The standard InChI is InChI=1S/C16H25BrN2/c1-12(18)15-10-9-13(17)11-16(15)19(2)14-7-5-3-4-6-8-14/h9-12,14H,3-8,18H2,1-2H3. The van der Waals surface area contributed by atoms with Gasteiger partial charge in [-0.3, -0.25) is 0 Å². The lowest BCUT2D eigenvalue weighted by molar-refractivity contribution is 0.550. The average molecular weight is 325 g/mol. The SMILES string of the molecule is CC(N)c1ccc(Br)cc1N(C)C1CCCCCC1. The second-order valence-electron chi connectivity index (χ2n) is 5.75. The van der Waals surface area contributed by atoms with Crippen molar-refractivity contribution >= 4 is 21.6 Å².